The lowest BCUT2D eigenvalue weighted by Gasteiger charge is -2.07. The van der Waals surface area contributed by atoms with Gasteiger partial charge >= 0.3 is 0 Å². The molecule has 0 aliphatic carbocycles. The minimum absolute atomic E-state index is 0.0916. The van der Waals surface area contributed by atoms with E-state index in [0.29, 0.717) is 24.2 Å². The number of aryl methyl sites for hydroxylation is 2. The van der Waals surface area contributed by atoms with Crippen LogP contribution in [0.15, 0.2) is 47.4 Å². The van der Waals surface area contributed by atoms with Crippen molar-refractivity contribution < 1.29 is 4.79 Å². The zero-order valence-corrected chi connectivity index (χ0v) is 11.3. The Morgan fingerprint density at radius 3 is 2.80 bits per heavy atom. The number of benzene rings is 1. The summed E-state index contributed by atoms with van der Waals surface area (Å²) in [5.41, 5.74) is 7.92. The third-order valence-electron chi connectivity index (χ3n) is 2.96. The Hall–Kier alpha value is -2.56. The summed E-state index contributed by atoms with van der Waals surface area (Å²) in [7, 11) is 1.64. The highest BCUT2D eigenvalue weighted by atomic mass is 16.1. The van der Waals surface area contributed by atoms with Gasteiger partial charge in [-0.05, 0) is 30.2 Å². The van der Waals surface area contributed by atoms with Gasteiger partial charge < -0.3 is 15.6 Å². The summed E-state index contributed by atoms with van der Waals surface area (Å²) < 4.78 is 1.42. The molecule has 0 aliphatic rings. The maximum absolute atomic E-state index is 11.8. The van der Waals surface area contributed by atoms with Crippen LogP contribution in [-0.4, -0.2) is 10.5 Å². The molecule has 2 aromatic rings. The molecule has 3 N–H and O–H groups in total. The zero-order chi connectivity index (χ0) is 14.5. The second-order valence-electron chi connectivity index (χ2n) is 4.66. The molecular formula is C15H17N3O2. The summed E-state index contributed by atoms with van der Waals surface area (Å²) in [6.45, 7) is 0. The van der Waals surface area contributed by atoms with E-state index in [2.05, 4.69) is 5.32 Å². The summed E-state index contributed by atoms with van der Waals surface area (Å²) in [5, 5.41) is 2.76. The Bertz CT molecular complexity index is 677. The van der Waals surface area contributed by atoms with Crippen molar-refractivity contribution in [2.75, 3.05) is 11.1 Å². The molecule has 0 bridgehead atoms. The van der Waals surface area contributed by atoms with Crippen LogP contribution in [0.1, 0.15) is 12.0 Å². The quantitative estimate of drug-likeness (QED) is 0.828. The summed E-state index contributed by atoms with van der Waals surface area (Å²) in [6.07, 6.45) is 2.59. The first-order chi connectivity index (χ1) is 9.54. The van der Waals surface area contributed by atoms with Crippen molar-refractivity contribution in [3.05, 3.63) is 58.5 Å². The lowest BCUT2D eigenvalue weighted by atomic mass is 10.1. The Morgan fingerprint density at radius 1 is 1.30 bits per heavy atom. The number of aromatic nitrogens is 1. The predicted octanol–water partition coefficient (Wildman–Crippen LogP) is 1.54. The molecule has 1 heterocycles. The van der Waals surface area contributed by atoms with Gasteiger partial charge in [-0.1, -0.05) is 12.1 Å². The zero-order valence-electron chi connectivity index (χ0n) is 11.3. The second-order valence-corrected chi connectivity index (χ2v) is 4.66. The first kappa shape index (κ1) is 13.9. The van der Waals surface area contributed by atoms with Crippen molar-refractivity contribution in [3.63, 3.8) is 0 Å². The highest BCUT2D eigenvalue weighted by molar-refractivity contribution is 5.90. The number of pyridine rings is 1. The first-order valence-corrected chi connectivity index (χ1v) is 6.35. The molecular weight excluding hydrogens is 254 g/mol. The lowest BCUT2D eigenvalue weighted by Crippen LogP contribution is -2.18. The smallest absolute Gasteiger partial charge is 0.250 e. The number of nitrogens with one attached hydrogen (secondary N) is 1. The van der Waals surface area contributed by atoms with Crippen molar-refractivity contribution in [1.29, 1.82) is 0 Å². The molecule has 0 radical (unpaired) electrons. The number of nitrogens with zero attached hydrogens (tertiary/aromatic N) is 1. The molecule has 1 amide bonds. The summed E-state index contributed by atoms with van der Waals surface area (Å²) in [5.74, 6) is -0.0916. The van der Waals surface area contributed by atoms with Gasteiger partial charge in [0.1, 0.15) is 0 Å². The van der Waals surface area contributed by atoms with Crippen molar-refractivity contribution in [2.45, 2.75) is 12.8 Å². The number of nitrogens with two attached hydrogens (primary N) is 1. The Labute approximate surface area is 117 Å². The van der Waals surface area contributed by atoms with Crippen LogP contribution in [0.25, 0.3) is 0 Å². The molecule has 1 aromatic carbocycles. The van der Waals surface area contributed by atoms with E-state index in [1.54, 1.807) is 19.3 Å². The summed E-state index contributed by atoms with van der Waals surface area (Å²) >= 11 is 0. The van der Waals surface area contributed by atoms with E-state index in [1.807, 2.05) is 24.3 Å². The molecule has 1 aromatic heterocycles. The second kappa shape index (κ2) is 6.06. The fourth-order valence-electron chi connectivity index (χ4n) is 1.90. The van der Waals surface area contributed by atoms with Gasteiger partial charge in [0.25, 0.3) is 0 Å². The van der Waals surface area contributed by atoms with Gasteiger partial charge in [0, 0.05) is 31.4 Å². The Balaban J connectivity index is 1.92. The van der Waals surface area contributed by atoms with Gasteiger partial charge in [-0.2, -0.15) is 0 Å². The topological polar surface area (TPSA) is 77.1 Å². The van der Waals surface area contributed by atoms with Gasteiger partial charge in [-0.25, -0.2) is 0 Å². The van der Waals surface area contributed by atoms with Crippen LogP contribution in [0, 0.1) is 0 Å². The molecule has 5 nitrogen and oxygen atoms in total. The molecule has 0 fully saturated rings. The maximum Gasteiger partial charge on any atom is 0.250 e. The van der Waals surface area contributed by atoms with E-state index in [9.17, 15) is 9.59 Å². The number of amides is 1. The number of rotatable bonds is 4. The van der Waals surface area contributed by atoms with Crippen LogP contribution in [0.3, 0.4) is 0 Å². The predicted molar refractivity (Wildman–Crippen MR) is 79.5 cm³/mol. The first-order valence-electron chi connectivity index (χ1n) is 6.35. The van der Waals surface area contributed by atoms with E-state index < -0.39 is 0 Å². The molecule has 0 aliphatic heterocycles. The SMILES string of the molecule is Cn1cc(NC(=O)CCc2cccc(N)c2)ccc1=O. The minimum Gasteiger partial charge on any atom is -0.399 e. The summed E-state index contributed by atoms with van der Waals surface area (Å²) in [4.78, 5) is 23.1. The molecule has 2 rings (SSSR count). The molecule has 0 atom stereocenters. The monoisotopic (exact) mass is 271 g/mol. The molecule has 5 heteroatoms. The summed E-state index contributed by atoms with van der Waals surface area (Å²) in [6, 6.07) is 10.5. The number of hydrogen-bond acceptors (Lipinski definition) is 3. The van der Waals surface area contributed by atoms with Crippen molar-refractivity contribution >= 4 is 17.3 Å². The van der Waals surface area contributed by atoms with Crippen LogP contribution in [0.2, 0.25) is 0 Å². The fourth-order valence-corrected chi connectivity index (χ4v) is 1.90. The minimum atomic E-state index is -0.109. The number of anilines is 2. The van der Waals surface area contributed by atoms with Crippen molar-refractivity contribution in [1.82, 2.24) is 4.57 Å². The third kappa shape index (κ3) is 3.71. The van der Waals surface area contributed by atoms with Crippen molar-refractivity contribution in [2.24, 2.45) is 7.05 Å². The lowest BCUT2D eigenvalue weighted by molar-refractivity contribution is -0.116. The maximum atomic E-state index is 11.8. The number of hydrogen-bond donors (Lipinski definition) is 2. The van der Waals surface area contributed by atoms with Crippen LogP contribution in [0.5, 0.6) is 0 Å². The Morgan fingerprint density at radius 2 is 2.10 bits per heavy atom. The molecule has 104 valence electrons. The van der Waals surface area contributed by atoms with Gasteiger partial charge in [0.2, 0.25) is 11.5 Å². The van der Waals surface area contributed by atoms with Gasteiger partial charge in [-0.3, -0.25) is 9.59 Å². The average molecular weight is 271 g/mol. The highest BCUT2D eigenvalue weighted by Gasteiger charge is 2.04. The van der Waals surface area contributed by atoms with Crippen LogP contribution < -0.4 is 16.6 Å². The van der Waals surface area contributed by atoms with E-state index >= 15 is 0 Å². The normalized spacial score (nSPS) is 10.2. The van der Waals surface area contributed by atoms with Gasteiger partial charge in [0.05, 0.1) is 5.69 Å². The molecule has 0 saturated heterocycles. The van der Waals surface area contributed by atoms with E-state index in [0.717, 1.165) is 5.56 Å². The number of carbonyl (C=O) groups excluding carboxylic acids is 1. The van der Waals surface area contributed by atoms with Crippen LogP contribution >= 0.6 is 0 Å². The molecule has 0 unspecified atom stereocenters. The molecule has 0 spiro atoms. The largest absolute Gasteiger partial charge is 0.399 e. The van der Waals surface area contributed by atoms with Crippen LogP contribution in [-0.2, 0) is 18.3 Å². The van der Waals surface area contributed by atoms with E-state index in [4.69, 9.17) is 5.73 Å². The Kier molecular flexibility index (Phi) is 4.20. The van der Waals surface area contributed by atoms with E-state index in [-0.39, 0.29) is 11.5 Å². The highest BCUT2D eigenvalue weighted by Crippen LogP contribution is 2.10. The number of nitrogen functional groups attached to an aromatic ring is 1. The molecule has 0 saturated carbocycles. The van der Waals surface area contributed by atoms with Gasteiger partial charge in [-0.15, -0.1) is 0 Å². The third-order valence-corrected chi connectivity index (χ3v) is 2.96. The standard InChI is InChI=1S/C15H17N3O2/c1-18-10-13(6-8-15(18)20)17-14(19)7-5-11-3-2-4-12(16)9-11/h2-4,6,8-10H,5,7,16H2,1H3,(H,17,19). The van der Waals surface area contributed by atoms with Crippen LogP contribution in [0.4, 0.5) is 11.4 Å². The van der Waals surface area contributed by atoms with Gasteiger partial charge in [0.15, 0.2) is 0 Å². The van der Waals surface area contributed by atoms with E-state index in [1.165, 1.54) is 10.6 Å². The fraction of sp³-hybridized carbons (Fsp3) is 0.200. The van der Waals surface area contributed by atoms with Crippen molar-refractivity contribution in [3.8, 4) is 0 Å². The molecule has 20 heavy (non-hydrogen) atoms. The average Bonchev–Trinajstić information content (AvgIpc) is 2.41. The number of carbonyl (C=O) groups is 1.